The Hall–Kier alpha value is -3.02. The molecular weight excluding hydrogens is 332 g/mol. The standard InChI is InChI=1S/C20H24N2O4/c1-15(23)22(14-16-7-5-4-6-8-16)10-9-21-20(24)17-11-18(25-2)13-19(12-17)26-3/h4-8,11-13H,9-10,14H2,1-3H3,(H,21,24). The number of rotatable bonds is 8. The molecular formula is C20H24N2O4. The monoisotopic (exact) mass is 356 g/mol. The number of carbonyl (C=O) groups is 2. The zero-order chi connectivity index (χ0) is 18.9. The molecule has 0 saturated heterocycles. The highest BCUT2D eigenvalue weighted by Gasteiger charge is 2.12. The number of methoxy groups -OCH3 is 2. The fourth-order valence-electron chi connectivity index (χ4n) is 2.50. The van der Waals surface area contributed by atoms with E-state index in [0.29, 0.717) is 36.7 Å². The summed E-state index contributed by atoms with van der Waals surface area (Å²) in [7, 11) is 3.07. The molecule has 26 heavy (non-hydrogen) atoms. The van der Waals surface area contributed by atoms with Gasteiger partial charge in [-0.2, -0.15) is 0 Å². The van der Waals surface area contributed by atoms with E-state index in [1.54, 1.807) is 23.1 Å². The number of carbonyl (C=O) groups excluding carboxylic acids is 2. The van der Waals surface area contributed by atoms with Gasteiger partial charge in [-0.1, -0.05) is 30.3 Å². The van der Waals surface area contributed by atoms with Gasteiger partial charge in [0.05, 0.1) is 14.2 Å². The highest BCUT2D eigenvalue weighted by Crippen LogP contribution is 2.22. The third-order valence-corrected chi connectivity index (χ3v) is 3.94. The summed E-state index contributed by atoms with van der Waals surface area (Å²) in [6.07, 6.45) is 0. The van der Waals surface area contributed by atoms with Gasteiger partial charge in [-0.05, 0) is 17.7 Å². The minimum Gasteiger partial charge on any atom is -0.497 e. The van der Waals surface area contributed by atoms with E-state index in [-0.39, 0.29) is 11.8 Å². The maximum Gasteiger partial charge on any atom is 0.251 e. The summed E-state index contributed by atoms with van der Waals surface area (Å²) >= 11 is 0. The summed E-state index contributed by atoms with van der Waals surface area (Å²) in [5.41, 5.74) is 1.49. The summed E-state index contributed by atoms with van der Waals surface area (Å²) in [6.45, 7) is 2.82. The van der Waals surface area contributed by atoms with E-state index in [0.717, 1.165) is 5.56 Å². The number of benzene rings is 2. The molecule has 0 unspecified atom stereocenters. The first-order valence-corrected chi connectivity index (χ1v) is 8.34. The quantitative estimate of drug-likeness (QED) is 0.789. The van der Waals surface area contributed by atoms with Crippen molar-refractivity contribution in [3.63, 3.8) is 0 Å². The van der Waals surface area contributed by atoms with Gasteiger partial charge >= 0.3 is 0 Å². The largest absolute Gasteiger partial charge is 0.497 e. The summed E-state index contributed by atoms with van der Waals surface area (Å²) in [6, 6.07) is 14.7. The van der Waals surface area contributed by atoms with Crippen LogP contribution in [0.15, 0.2) is 48.5 Å². The molecule has 0 radical (unpaired) electrons. The lowest BCUT2D eigenvalue weighted by atomic mass is 10.2. The summed E-state index contributed by atoms with van der Waals surface area (Å²) in [5.74, 6) is 0.810. The van der Waals surface area contributed by atoms with Gasteiger partial charge in [0.25, 0.3) is 5.91 Å². The van der Waals surface area contributed by atoms with E-state index in [2.05, 4.69) is 5.32 Å². The van der Waals surface area contributed by atoms with Crippen LogP contribution in [0.5, 0.6) is 11.5 Å². The third kappa shape index (κ3) is 5.51. The van der Waals surface area contributed by atoms with Gasteiger partial charge in [0.1, 0.15) is 11.5 Å². The second-order valence-electron chi connectivity index (χ2n) is 5.78. The van der Waals surface area contributed by atoms with Crippen molar-refractivity contribution >= 4 is 11.8 Å². The number of ether oxygens (including phenoxy) is 2. The normalized spacial score (nSPS) is 10.1. The molecule has 2 aromatic carbocycles. The lowest BCUT2D eigenvalue weighted by Crippen LogP contribution is -2.37. The minimum absolute atomic E-state index is 0.0360. The van der Waals surface area contributed by atoms with Gasteiger partial charge in [0, 0.05) is 38.2 Å². The molecule has 6 heteroatoms. The number of hydrogen-bond acceptors (Lipinski definition) is 4. The van der Waals surface area contributed by atoms with Crippen molar-refractivity contribution in [2.75, 3.05) is 27.3 Å². The molecule has 6 nitrogen and oxygen atoms in total. The number of nitrogens with zero attached hydrogens (tertiary/aromatic N) is 1. The first-order chi connectivity index (χ1) is 12.5. The SMILES string of the molecule is COc1cc(OC)cc(C(=O)NCCN(Cc2ccccc2)C(C)=O)c1. The number of amides is 2. The van der Waals surface area contributed by atoms with Crippen molar-refractivity contribution in [1.29, 1.82) is 0 Å². The van der Waals surface area contributed by atoms with Crippen LogP contribution in [0.4, 0.5) is 0 Å². The Kier molecular flexibility index (Phi) is 7.02. The zero-order valence-corrected chi connectivity index (χ0v) is 15.3. The molecule has 138 valence electrons. The van der Waals surface area contributed by atoms with Gasteiger partial charge in [0.2, 0.25) is 5.91 Å². The molecule has 0 aliphatic carbocycles. The third-order valence-electron chi connectivity index (χ3n) is 3.94. The second kappa shape index (κ2) is 9.46. The molecule has 0 aliphatic heterocycles. The van der Waals surface area contributed by atoms with Crippen LogP contribution in [0.1, 0.15) is 22.8 Å². The van der Waals surface area contributed by atoms with E-state index in [4.69, 9.17) is 9.47 Å². The summed E-state index contributed by atoms with van der Waals surface area (Å²) in [4.78, 5) is 25.9. The van der Waals surface area contributed by atoms with Gasteiger partial charge in [-0.3, -0.25) is 9.59 Å². The molecule has 1 N–H and O–H groups in total. The van der Waals surface area contributed by atoms with E-state index < -0.39 is 0 Å². The molecule has 0 fully saturated rings. The fraction of sp³-hybridized carbons (Fsp3) is 0.300. The van der Waals surface area contributed by atoms with E-state index in [1.165, 1.54) is 21.1 Å². The zero-order valence-electron chi connectivity index (χ0n) is 15.3. The predicted octanol–water partition coefficient (Wildman–Crippen LogP) is 2.48. The smallest absolute Gasteiger partial charge is 0.251 e. The van der Waals surface area contributed by atoms with E-state index >= 15 is 0 Å². The van der Waals surface area contributed by atoms with Crippen molar-refractivity contribution in [3.05, 3.63) is 59.7 Å². The lowest BCUT2D eigenvalue weighted by molar-refractivity contribution is -0.129. The molecule has 0 bridgehead atoms. The van der Waals surface area contributed by atoms with Crippen LogP contribution >= 0.6 is 0 Å². The van der Waals surface area contributed by atoms with E-state index in [9.17, 15) is 9.59 Å². The van der Waals surface area contributed by atoms with Crippen LogP contribution in [-0.4, -0.2) is 44.0 Å². The Morgan fingerprint density at radius 3 is 2.15 bits per heavy atom. The first-order valence-electron chi connectivity index (χ1n) is 8.34. The molecule has 0 aliphatic rings. The molecule has 2 rings (SSSR count). The molecule has 2 aromatic rings. The number of hydrogen-bond donors (Lipinski definition) is 1. The average Bonchev–Trinajstić information content (AvgIpc) is 2.67. The van der Waals surface area contributed by atoms with E-state index in [1.807, 2.05) is 30.3 Å². The van der Waals surface area contributed by atoms with Crippen molar-refractivity contribution in [1.82, 2.24) is 10.2 Å². The summed E-state index contributed by atoms with van der Waals surface area (Å²) in [5, 5.41) is 2.83. The molecule has 0 atom stereocenters. The Morgan fingerprint density at radius 2 is 1.62 bits per heavy atom. The molecule has 0 saturated carbocycles. The highest BCUT2D eigenvalue weighted by molar-refractivity contribution is 5.95. The van der Waals surface area contributed by atoms with Crippen LogP contribution in [0, 0.1) is 0 Å². The maximum absolute atomic E-state index is 12.4. The maximum atomic E-state index is 12.4. The van der Waals surface area contributed by atoms with Gasteiger partial charge < -0.3 is 19.7 Å². The topological polar surface area (TPSA) is 67.9 Å². The van der Waals surface area contributed by atoms with Crippen molar-refractivity contribution in [2.24, 2.45) is 0 Å². The summed E-state index contributed by atoms with van der Waals surface area (Å²) < 4.78 is 10.4. The van der Waals surface area contributed by atoms with Crippen LogP contribution in [-0.2, 0) is 11.3 Å². The average molecular weight is 356 g/mol. The molecule has 2 amide bonds. The lowest BCUT2D eigenvalue weighted by Gasteiger charge is -2.21. The van der Waals surface area contributed by atoms with Crippen LogP contribution < -0.4 is 14.8 Å². The molecule has 0 spiro atoms. The van der Waals surface area contributed by atoms with Gasteiger partial charge in [-0.25, -0.2) is 0 Å². The molecule has 0 aromatic heterocycles. The molecule has 0 heterocycles. The Labute approximate surface area is 153 Å². The highest BCUT2D eigenvalue weighted by atomic mass is 16.5. The Balaban J connectivity index is 1.94. The second-order valence-corrected chi connectivity index (χ2v) is 5.78. The van der Waals surface area contributed by atoms with Crippen LogP contribution in [0.25, 0.3) is 0 Å². The van der Waals surface area contributed by atoms with Crippen molar-refractivity contribution < 1.29 is 19.1 Å². The van der Waals surface area contributed by atoms with Gasteiger partial charge in [-0.15, -0.1) is 0 Å². The van der Waals surface area contributed by atoms with Crippen molar-refractivity contribution in [3.8, 4) is 11.5 Å². The van der Waals surface area contributed by atoms with Gasteiger partial charge in [0.15, 0.2) is 0 Å². The minimum atomic E-state index is -0.245. The van der Waals surface area contributed by atoms with Crippen LogP contribution in [0.3, 0.4) is 0 Å². The van der Waals surface area contributed by atoms with Crippen molar-refractivity contribution in [2.45, 2.75) is 13.5 Å². The van der Waals surface area contributed by atoms with Crippen LogP contribution in [0.2, 0.25) is 0 Å². The first kappa shape index (κ1) is 19.3. The fourth-order valence-corrected chi connectivity index (χ4v) is 2.50. The Bertz CT molecular complexity index is 724. The predicted molar refractivity (Wildman–Crippen MR) is 99.4 cm³/mol. The Morgan fingerprint density at radius 1 is 1.00 bits per heavy atom. The number of nitrogens with one attached hydrogen (secondary N) is 1.